The van der Waals surface area contributed by atoms with E-state index in [-0.39, 0.29) is 11.9 Å². The lowest BCUT2D eigenvalue weighted by atomic mass is 9.92. The molecule has 6 nitrogen and oxygen atoms in total. The van der Waals surface area contributed by atoms with Crippen molar-refractivity contribution in [1.29, 1.82) is 0 Å². The van der Waals surface area contributed by atoms with Gasteiger partial charge in [0.15, 0.2) is 0 Å². The number of nitrogens with one attached hydrogen (secondary N) is 1. The van der Waals surface area contributed by atoms with Gasteiger partial charge in [0.25, 0.3) is 5.91 Å². The molecule has 1 aromatic heterocycles. The number of anilines is 1. The van der Waals surface area contributed by atoms with Crippen LogP contribution < -0.4 is 10.2 Å². The first-order chi connectivity index (χ1) is 17.2. The summed E-state index contributed by atoms with van der Waals surface area (Å²) < 4.78 is 31.7. The molecule has 2 aromatic rings. The fourth-order valence-corrected chi connectivity index (χ4v) is 4.67. The van der Waals surface area contributed by atoms with Crippen LogP contribution in [-0.2, 0) is 4.79 Å². The highest BCUT2D eigenvalue weighted by atomic mass is 32.1. The van der Waals surface area contributed by atoms with Gasteiger partial charge < -0.3 is 20.2 Å². The summed E-state index contributed by atoms with van der Waals surface area (Å²) in [6, 6.07) is 10.7. The van der Waals surface area contributed by atoms with Crippen molar-refractivity contribution >= 4 is 28.9 Å². The Hall–Kier alpha value is -2.59. The summed E-state index contributed by atoms with van der Waals surface area (Å²) in [6.07, 6.45) is -0.413. The highest BCUT2D eigenvalue weighted by Gasteiger charge is 2.38. The molecule has 0 bridgehead atoms. The van der Waals surface area contributed by atoms with Crippen LogP contribution in [0, 0.1) is 5.41 Å². The number of benzene rings is 1. The number of thiophene rings is 1. The van der Waals surface area contributed by atoms with E-state index in [9.17, 15) is 18.0 Å². The zero-order valence-electron chi connectivity index (χ0n) is 22.2. The molecule has 1 saturated heterocycles. The number of aliphatic carboxylic acids is 1. The molecule has 0 saturated carbocycles. The van der Waals surface area contributed by atoms with E-state index < -0.39 is 12.1 Å². The number of amides is 1. The number of halogens is 3. The molecule has 1 fully saturated rings. The Kier molecular flexibility index (Phi) is 11.0. The van der Waals surface area contributed by atoms with Crippen LogP contribution in [0.2, 0.25) is 0 Å². The summed E-state index contributed by atoms with van der Waals surface area (Å²) in [6.45, 7) is 10.1. The van der Waals surface area contributed by atoms with E-state index >= 15 is 0 Å². The number of rotatable bonds is 6. The van der Waals surface area contributed by atoms with Gasteiger partial charge in [-0.2, -0.15) is 13.2 Å². The van der Waals surface area contributed by atoms with Gasteiger partial charge in [-0.25, -0.2) is 4.79 Å². The molecular weight excluding hydrogens is 503 g/mol. The third kappa shape index (κ3) is 10.7. The van der Waals surface area contributed by atoms with Gasteiger partial charge in [0.05, 0.1) is 4.88 Å². The predicted molar refractivity (Wildman–Crippen MR) is 143 cm³/mol. The highest BCUT2D eigenvalue weighted by Crippen LogP contribution is 2.28. The molecule has 0 radical (unpaired) electrons. The topological polar surface area (TPSA) is 72.9 Å². The van der Waals surface area contributed by atoms with E-state index in [1.165, 1.54) is 36.3 Å². The largest absolute Gasteiger partial charge is 0.490 e. The van der Waals surface area contributed by atoms with Crippen molar-refractivity contribution in [2.24, 2.45) is 5.41 Å². The molecule has 1 aliphatic rings. The lowest BCUT2D eigenvalue weighted by molar-refractivity contribution is -0.192. The molecule has 1 unspecified atom stereocenters. The van der Waals surface area contributed by atoms with Crippen LogP contribution in [0.15, 0.2) is 35.7 Å². The van der Waals surface area contributed by atoms with Crippen molar-refractivity contribution in [3.8, 4) is 11.1 Å². The minimum absolute atomic E-state index is 0.0684. The molecule has 3 rings (SSSR count). The maximum Gasteiger partial charge on any atom is 0.490 e. The van der Waals surface area contributed by atoms with Gasteiger partial charge in [0.2, 0.25) is 0 Å². The normalized spacial score (nSPS) is 16.8. The zero-order valence-corrected chi connectivity index (χ0v) is 23.0. The van der Waals surface area contributed by atoms with Crippen LogP contribution in [0.1, 0.15) is 56.1 Å². The third-order valence-corrected chi connectivity index (χ3v) is 6.98. The van der Waals surface area contributed by atoms with E-state index in [0.717, 1.165) is 42.1 Å². The van der Waals surface area contributed by atoms with E-state index in [2.05, 4.69) is 65.5 Å². The number of carbonyl (C=O) groups is 2. The summed E-state index contributed by atoms with van der Waals surface area (Å²) >= 11 is 1.54. The van der Waals surface area contributed by atoms with Crippen molar-refractivity contribution in [3.05, 3.63) is 40.6 Å². The number of carboxylic acid groups (broad SMARTS) is 1. The second-order valence-corrected chi connectivity index (χ2v) is 11.6. The van der Waals surface area contributed by atoms with Crippen molar-refractivity contribution in [2.45, 2.75) is 58.7 Å². The Morgan fingerprint density at radius 2 is 1.73 bits per heavy atom. The minimum Gasteiger partial charge on any atom is -0.475 e. The number of alkyl halides is 3. The predicted octanol–water partition coefficient (Wildman–Crippen LogP) is 6.13. The van der Waals surface area contributed by atoms with Gasteiger partial charge in [0, 0.05) is 32.4 Å². The summed E-state index contributed by atoms with van der Waals surface area (Å²) in [5.74, 6) is -2.69. The fraction of sp³-hybridized carbons (Fsp3) is 0.556. The number of nitrogens with zero attached hydrogens (tertiary/aromatic N) is 2. The number of carbonyl (C=O) groups excluding carboxylic acids is 1. The molecule has 0 aliphatic carbocycles. The van der Waals surface area contributed by atoms with Gasteiger partial charge in [-0.3, -0.25) is 4.79 Å². The maximum absolute atomic E-state index is 12.9. The van der Waals surface area contributed by atoms with Crippen molar-refractivity contribution < 1.29 is 27.9 Å². The fourth-order valence-electron chi connectivity index (χ4n) is 3.85. The SMILES string of the molecule is CN(C)c1ccc(-c2csc(C(=O)NC3CCCCN(CCC(C)(C)C)C3)c2)cc1.O=C(O)C(F)(F)F. The summed E-state index contributed by atoms with van der Waals surface area (Å²) in [5.41, 5.74) is 3.79. The van der Waals surface area contributed by atoms with E-state index in [0.29, 0.717) is 5.41 Å². The van der Waals surface area contributed by atoms with Gasteiger partial charge in [-0.15, -0.1) is 11.3 Å². The van der Waals surface area contributed by atoms with Crippen LogP contribution in [0.25, 0.3) is 11.1 Å². The lowest BCUT2D eigenvalue weighted by Crippen LogP contribution is -2.43. The lowest BCUT2D eigenvalue weighted by Gasteiger charge is -2.28. The van der Waals surface area contributed by atoms with Gasteiger partial charge >= 0.3 is 12.1 Å². The standard InChI is InChI=1S/C25H37N3OS.C2HF3O2/c1-25(2,3)13-15-28-14-7-6-8-21(17-28)26-24(29)23-16-20(18-30-23)19-9-11-22(12-10-19)27(4)5;3-2(4,5)1(6)7/h9-12,16,18,21H,6-8,13-15,17H2,1-5H3,(H,26,29);(H,6,7). The van der Waals surface area contributed by atoms with Gasteiger partial charge in [-0.1, -0.05) is 39.3 Å². The second-order valence-electron chi connectivity index (χ2n) is 10.7. The van der Waals surface area contributed by atoms with Crippen LogP contribution in [0.4, 0.5) is 18.9 Å². The van der Waals surface area contributed by atoms with E-state index in [1.807, 2.05) is 20.2 Å². The number of carboxylic acids is 1. The molecule has 10 heteroatoms. The molecule has 2 heterocycles. The average Bonchev–Trinajstić information content (AvgIpc) is 3.19. The summed E-state index contributed by atoms with van der Waals surface area (Å²) in [4.78, 5) is 27.2. The zero-order chi connectivity index (χ0) is 27.8. The first-order valence-corrected chi connectivity index (χ1v) is 13.2. The maximum atomic E-state index is 12.9. The first kappa shape index (κ1) is 30.6. The molecule has 37 heavy (non-hydrogen) atoms. The first-order valence-electron chi connectivity index (χ1n) is 12.4. The number of hydrogen-bond acceptors (Lipinski definition) is 5. The number of hydrogen-bond donors (Lipinski definition) is 2. The third-order valence-electron chi connectivity index (χ3n) is 6.05. The molecule has 1 amide bonds. The minimum atomic E-state index is -5.08. The monoisotopic (exact) mass is 541 g/mol. The Morgan fingerprint density at radius 1 is 1.11 bits per heavy atom. The Morgan fingerprint density at radius 3 is 2.27 bits per heavy atom. The second kappa shape index (κ2) is 13.3. The van der Waals surface area contributed by atoms with Crippen molar-refractivity contribution in [1.82, 2.24) is 10.2 Å². The summed E-state index contributed by atoms with van der Waals surface area (Å²) in [5, 5.41) is 12.5. The molecule has 206 valence electrons. The van der Waals surface area contributed by atoms with Crippen molar-refractivity contribution in [2.75, 3.05) is 38.6 Å². The summed E-state index contributed by atoms with van der Waals surface area (Å²) in [7, 11) is 4.08. The van der Waals surface area contributed by atoms with Crippen LogP contribution in [0.3, 0.4) is 0 Å². The van der Waals surface area contributed by atoms with E-state index in [4.69, 9.17) is 9.90 Å². The quantitative estimate of drug-likeness (QED) is 0.460. The Labute approximate surface area is 221 Å². The molecule has 2 N–H and O–H groups in total. The smallest absolute Gasteiger partial charge is 0.475 e. The van der Waals surface area contributed by atoms with Crippen LogP contribution >= 0.6 is 11.3 Å². The van der Waals surface area contributed by atoms with Crippen LogP contribution in [-0.4, -0.2) is 67.8 Å². The highest BCUT2D eigenvalue weighted by molar-refractivity contribution is 7.12. The molecule has 0 spiro atoms. The van der Waals surface area contributed by atoms with Crippen LogP contribution in [0.5, 0.6) is 0 Å². The number of likely N-dealkylation sites (tertiary alicyclic amines) is 1. The molecule has 1 atom stereocenters. The molecular formula is C27H38F3N3O3S. The Bertz CT molecular complexity index is 1010. The molecule has 1 aliphatic heterocycles. The Balaban J connectivity index is 0.000000604. The van der Waals surface area contributed by atoms with Crippen molar-refractivity contribution in [3.63, 3.8) is 0 Å². The van der Waals surface area contributed by atoms with Gasteiger partial charge in [0.1, 0.15) is 0 Å². The molecule has 1 aromatic carbocycles. The van der Waals surface area contributed by atoms with Gasteiger partial charge in [-0.05, 0) is 72.5 Å². The van der Waals surface area contributed by atoms with E-state index in [1.54, 1.807) is 0 Å². The average molecular weight is 542 g/mol.